The molecule has 0 aliphatic heterocycles. The zero-order chi connectivity index (χ0) is 29.6. The molecule has 212 valence electrons. The summed E-state index contributed by atoms with van der Waals surface area (Å²) < 4.78 is 16.1. The third-order valence-corrected chi connectivity index (χ3v) is 7.72. The van der Waals surface area contributed by atoms with E-state index in [1.54, 1.807) is 43.5 Å². The molecule has 0 saturated heterocycles. The van der Waals surface area contributed by atoms with Crippen LogP contribution in [0.2, 0.25) is 0 Å². The van der Waals surface area contributed by atoms with E-state index in [-0.39, 0.29) is 18.0 Å². The minimum absolute atomic E-state index is 0.00972. The van der Waals surface area contributed by atoms with Gasteiger partial charge >= 0.3 is 11.9 Å². The summed E-state index contributed by atoms with van der Waals surface area (Å²) in [5.74, 6) is 0.883. The number of aliphatic hydroxyl groups excluding tert-OH is 1. The van der Waals surface area contributed by atoms with Crippen LogP contribution in [0.15, 0.2) is 97.1 Å². The first-order chi connectivity index (χ1) is 19.6. The molecule has 0 heterocycles. The number of methoxy groups -OCH3 is 1. The molecule has 4 aromatic rings. The number of aliphatic hydroxyl groups is 1. The lowest BCUT2D eigenvalue weighted by atomic mass is 9.74. The van der Waals surface area contributed by atoms with E-state index in [1.807, 2.05) is 67.6 Å². The van der Waals surface area contributed by atoms with E-state index in [4.69, 9.17) is 14.2 Å². The van der Waals surface area contributed by atoms with Gasteiger partial charge in [-0.05, 0) is 77.2 Å². The number of carbonyl (C=O) groups excluding carboxylic acids is 2. The van der Waals surface area contributed by atoms with Gasteiger partial charge in [0.15, 0.2) is 0 Å². The topological polar surface area (TPSA) is 82.1 Å². The second kappa shape index (κ2) is 12.4. The lowest BCUT2D eigenvalue weighted by molar-refractivity contribution is -0.131. The van der Waals surface area contributed by atoms with Crippen molar-refractivity contribution in [3.63, 3.8) is 0 Å². The molecule has 4 rings (SSSR count). The lowest BCUT2D eigenvalue weighted by Crippen LogP contribution is -2.25. The van der Waals surface area contributed by atoms with Crippen LogP contribution in [0.5, 0.6) is 17.2 Å². The Kier molecular flexibility index (Phi) is 8.94. The zero-order valence-electron chi connectivity index (χ0n) is 24.1. The summed E-state index contributed by atoms with van der Waals surface area (Å²) >= 11 is 0. The number of hydrogen-bond donors (Lipinski definition) is 1. The van der Waals surface area contributed by atoms with Gasteiger partial charge in [0.2, 0.25) is 0 Å². The second-order valence-electron chi connectivity index (χ2n) is 10.8. The molecule has 6 heteroatoms. The molecule has 0 aliphatic rings. The number of benzene rings is 4. The lowest BCUT2D eigenvalue weighted by Gasteiger charge is -2.30. The van der Waals surface area contributed by atoms with E-state index in [1.165, 1.54) is 6.92 Å². The average Bonchev–Trinajstić information content (AvgIpc) is 2.97. The third-order valence-electron chi connectivity index (χ3n) is 7.72. The van der Waals surface area contributed by atoms with E-state index in [0.717, 1.165) is 28.0 Å². The van der Waals surface area contributed by atoms with Crippen LogP contribution in [0.3, 0.4) is 0 Å². The molecule has 1 N–H and O–H groups in total. The molecular formula is C35H36O6. The standard InChI is InChI=1S/C35H36O6/c1-24(37)40-31-18-12-28(13-19-31)35(4,22-23-36)29-14-20-32(21-15-29)41-33(38)25-6-8-26(9-7-25)34(2,3)27-10-16-30(39-5)17-11-27/h6-21,36H,22-23H2,1-5H3. The SMILES string of the molecule is COc1ccc(C(C)(C)c2ccc(C(=O)Oc3ccc(C(C)(CCO)c4ccc(OC(C)=O)cc4)cc3)cc2)cc1. The normalized spacial score (nSPS) is 12.7. The van der Waals surface area contributed by atoms with Crippen molar-refractivity contribution in [2.24, 2.45) is 0 Å². The van der Waals surface area contributed by atoms with Crippen LogP contribution in [-0.4, -0.2) is 30.8 Å². The number of ether oxygens (including phenoxy) is 3. The number of carbonyl (C=O) groups is 2. The minimum Gasteiger partial charge on any atom is -0.497 e. The largest absolute Gasteiger partial charge is 0.497 e. The Balaban J connectivity index is 1.47. The molecule has 0 amide bonds. The molecular weight excluding hydrogens is 516 g/mol. The van der Waals surface area contributed by atoms with E-state index in [2.05, 4.69) is 13.8 Å². The molecule has 0 aliphatic carbocycles. The van der Waals surface area contributed by atoms with Crippen molar-refractivity contribution >= 4 is 11.9 Å². The first-order valence-corrected chi connectivity index (χ1v) is 13.5. The first-order valence-electron chi connectivity index (χ1n) is 13.5. The summed E-state index contributed by atoms with van der Waals surface area (Å²) in [6, 6.07) is 30.1. The average molecular weight is 553 g/mol. The number of rotatable bonds is 10. The first kappa shape index (κ1) is 29.6. The van der Waals surface area contributed by atoms with E-state index in [9.17, 15) is 14.7 Å². The fourth-order valence-electron chi connectivity index (χ4n) is 4.99. The van der Waals surface area contributed by atoms with Gasteiger partial charge in [-0.1, -0.05) is 69.3 Å². The van der Waals surface area contributed by atoms with Gasteiger partial charge in [-0.3, -0.25) is 4.79 Å². The minimum atomic E-state index is -0.501. The molecule has 6 nitrogen and oxygen atoms in total. The molecule has 0 bridgehead atoms. The number of hydrogen-bond acceptors (Lipinski definition) is 6. The van der Waals surface area contributed by atoms with Gasteiger partial charge in [0.05, 0.1) is 12.7 Å². The van der Waals surface area contributed by atoms with Crippen molar-refractivity contribution in [3.05, 3.63) is 125 Å². The molecule has 41 heavy (non-hydrogen) atoms. The van der Waals surface area contributed by atoms with Crippen molar-refractivity contribution in [3.8, 4) is 17.2 Å². The second-order valence-corrected chi connectivity index (χ2v) is 10.8. The Hall–Kier alpha value is -4.42. The van der Waals surface area contributed by atoms with Gasteiger partial charge in [0.1, 0.15) is 17.2 Å². The van der Waals surface area contributed by atoms with Crippen molar-refractivity contribution in [2.45, 2.75) is 44.9 Å². The fourth-order valence-corrected chi connectivity index (χ4v) is 4.99. The predicted molar refractivity (Wildman–Crippen MR) is 159 cm³/mol. The maximum absolute atomic E-state index is 12.9. The summed E-state index contributed by atoms with van der Waals surface area (Å²) in [5.41, 5.74) is 3.84. The highest BCUT2D eigenvalue weighted by Gasteiger charge is 2.29. The van der Waals surface area contributed by atoms with Crippen LogP contribution < -0.4 is 14.2 Å². The highest BCUT2D eigenvalue weighted by Crippen LogP contribution is 2.37. The van der Waals surface area contributed by atoms with E-state index < -0.39 is 11.4 Å². The Morgan fingerprint density at radius 1 is 0.634 bits per heavy atom. The van der Waals surface area contributed by atoms with Crippen LogP contribution >= 0.6 is 0 Å². The van der Waals surface area contributed by atoms with Crippen molar-refractivity contribution in [2.75, 3.05) is 13.7 Å². The quantitative estimate of drug-likeness (QED) is 0.171. The molecule has 0 aromatic heterocycles. The summed E-state index contributed by atoms with van der Waals surface area (Å²) in [4.78, 5) is 24.2. The fraction of sp³-hybridized carbons (Fsp3) is 0.257. The maximum atomic E-state index is 12.9. The van der Waals surface area contributed by atoms with Crippen molar-refractivity contribution in [1.29, 1.82) is 0 Å². The molecule has 1 atom stereocenters. The molecule has 0 radical (unpaired) electrons. The molecule has 1 unspecified atom stereocenters. The maximum Gasteiger partial charge on any atom is 0.343 e. The van der Waals surface area contributed by atoms with Gasteiger partial charge < -0.3 is 19.3 Å². The monoisotopic (exact) mass is 552 g/mol. The summed E-state index contributed by atoms with van der Waals surface area (Å²) in [7, 11) is 1.65. The van der Waals surface area contributed by atoms with Gasteiger partial charge in [-0.15, -0.1) is 0 Å². The van der Waals surface area contributed by atoms with Crippen molar-refractivity contribution < 1.29 is 28.9 Å². The Morgan fingerprint density at radius 3 is 1.49 bits per heavy atom. The van der Waals surface area contributed by atoms with Crippen LogP contribution in [0.25, 0.3) is 0 Å². The Morgan fingerprint density at radius 2 is 1.05 bits per heavy atom. The predicted octanol–water partition coefficient (Wildman–Crippen LogP) is 6.85. The summed E-state index contributed by atoms with van der Waals surface area (Å²) in [5, 5.41) is 9.81. The third kappa shape index (κ3) is 6.67. The van der Waals surface area contributed by atoms with Gasteiger partial charge in [-0.25, -0.2) is 4.79 Å². The van der Waals surface area contributed by atoms with Gasteiger partial charge in [0, 0.05) is 24.4 Å². The molecule has 0 fully saturated rings. The van der Waals surface area contributed by atoms with Gasteiger partial charge in [0.25, 0.3) is 0 Å². The Bertz CT molecular complexity index is 1470. The van der Waals surface area contributed by atoms with E-state index >= 15 is 0 Å². The highest BCUT2D eigenvalue weighted by atomic mass is 16.5. The summed E-state index contributed by atoms with van der Waals surface area (Å²) in [6.45, 7) is 7.67. The van der Waals surface area contributed by atoms with Crippen LogP contribution in [0, 0.1) is 0 Å². The zero-order valence-corrected chi connectivity index (χ0v) is 24.1. The van der Waals surface area contributed by atoms with Gasteiger partial charge in [-0.2, -0.15) is 0 Å². The summed E-state index contributed by atoms with van der Waals surface area (Å²) in [6.07, 6.45) is 0.484. The smallest absolute Gasteiger partial charge is 0.343 e. The highest BCUT2D eigenvalue weighted by molar-refractivity contribution is 5.91. The molecule has 4 aromatic carbocycles. The van der Waals surface area contributed by atoms with Crippen LogP contribution in [0.1, 0.15) is 66.7 Å². The molecule has 0 saturated carbocycles. The Labute approximate surface area is 241 Å². The van der Waals surface area contributed by atoms with Crippen LogP contribution in [-0.2, 0) is 15.6 Å². The van der Waals surface area contributed by atoms with Crippen LogP contribution in [0.4, 0.5) is 0 Å². The molecule has 0 spiro atoms. The van der Waals surface area contributed by atoms with E-state index in [0.29, 0.717) is 23.5 Å². The number of esters is 2. The van der Waals surface area contributed by atoms with Crippen molar-refractivity contribution in [1.82, 2.24) is 0 Å².